The van der Waals surface area contributed by atoms with Crippen molar-refractivity contribution in [3.8, 4) is 0 Å². The summed E-state index contributed by atoms with van der Waals surface area (Å²) >= 11 is 6.89. The molecule has 2 aromatic carbocycles. The van der Waals surface area contributed by atoms with Gasteiger partial charge in [0.2, 0.25) is 0 Å². The number of likely N-dealkylation sites (N-methyl/N-ethyl adjacent to an activating group) is 1. The third-order valence-corrected chi connectivity index (χ3v) is 6.50. The fourth-order valence-electron chi connectivity index (χ4n) is 4.17. The van der Waals surface area contributed by atoms with Crippen LogP contribution in [0.25, 0.3) is 16.5 Å². The Bertz CT molecular complexity index is 1240. The molecule has 0 bridgehead atoms. The molecular formula is C24H23Br2N3O2. The molecule has 1 N–H and O–H groups in total. The van der Waals surface area contributed by atoms with Crippen molar-refractivity contribution in [2.75, 3.05) is 11.4 Å². The first-order chi connectivity index (χ1) is 14.7. The summed E-state index contributed by atoms with van der Waals surface area (Å²) in [5.74, 6) is -0.195. The summed E-state index contributed by atoms with van der Waals surface area (Å²) < 4.78 is 7.36. The van der Waals surface area contributed by atoms with E-state index in [1.165, 1.54) is 16.8 Å². The van der Waals surface area contributed by atoms with E-state index in [1.54, 1.807) is 12.3 Å². The van der Waals surface area contributed by atoms with Gasteiger partial charge in [-0.25, -0.2) is 5.43 Å². The molecule has 1 aliphatic rings. The van der Waals surface area contributed by atoms with E-state index < -0.39 is 5.91 Å². The normalized spacial score (nSPS) is 15.3. The van der Waals surface area contributed by atoms with Gasteiger partial charge >= 0.3 is 5.91 Å². The van der Waals surface area contributed by atoms with Crippen molar-refractivity contribution in [1.29, 1.82) is 0 Å². The molecule has 4 rings (SSSR count). The molecule has 31 heavy (non-hydrogen) atoms. The van der Waals surface area contributed by atoms with Gasteiger partial charge in [-0.15, -0.1) is 0 Å². The SMILES string of the molecule is CCN1c2ccc(/C=N\NC(=O)c3cc4cc(Br)cc(Br)c4o3)cc2C(C)=CC1(C)C. The van der Waals surface area contributed by atoms with Crippen molar-refractivity contribution in [1.82, 2.24) is 5.43 Å². The first-order valence-electron chi connectivity index (χ1n) is 10.0. The Morgan fingerprint density at radius 2 is 2.00 bits per heavy atom. The highest BCUT2D eigenvalue weighted by Crippen LogP contribution is 2.38. The number of furan rings is 1. The van der Waals surface area contributed by atoms with Crippen LogP contribution in [-0.4, -0.2) is 24.2 Å². The summed E-state index contributed by atoms with van der Waals surface area (Å²) in [5.41, 5.74) is 7.71. The number of rotatable bonds is 4. The molecule has 1 aliphatic heterocycles. The van der Waals surface area contributed by atoms with Gasteiger partial charge < -0.3 is 9.32 Å². The number of amides is 1. The average Bonchev–Trinajstić information content (AvgIpc) is 3.12. The first-order valence-corrected chi connectivity index (χ1v) is 11.6. The van der Waals surface area contributed by atoms with Crippen molar-refractivity contribution >= 4 is 66.2 Å². The monoisotopic (exact) mass is 543 g/mol. The van der Waals surface area contributed by atoms with Gasteiger partial charge in [0.25, 0.3) is 0 Å². The van der Waals surface area contributed by atoms with Gasteiger partial charge in [0, 0.05) is 27.7 Å². The Morgan fingerprint density at radius 1 is 1.23 bits per heavy atom. The summed E-state index contributed by atoms with van der Waals surface area (Å²) in [6.07, 6.45) is 3.94. The predicted molar refractivity (Wildman–Crippen MR) is 134 cm³/mol. The third-order valence-electron chi connectivity index (χ3n) is 5.46. The molecule has 3 aromatic rings. The standard InChI is InChI=1S/C24H23Br2N3O2/c1-5-29-20-7-6-15(8-18(20)14(2)12-24(29,3)4)13-27-28-23(30)21-10-16-9-17(25)11-19(26)22(16)31-21/h6-13H,5H2,1-4H3,(H,28,30)/b27-13-. The highest BCUT2D eigenvalue weighted by molar-refractivity contribution is 9.11. The van der Waals surface area contributed by atoms with Crippen molar-refractivity contribution < 1.29 is 9.21 Å². The van der Waals surface area contributed by atoms with E-state index in [9.17, 15) is 4.79 Å². The Kier molecular flexibility index (Phi) is 5.83. The van der Waals surface area contributed by atoms with Gasteiger partial charge in [0.15, 0.2) is 5.76 Å². The number of anilines is 1. The van der Waals surface area contributed by atoms with Gasteiger partial charge in [-0.05, 0) is 85.1 Å². The van der Waals surface area contributed by atoms with Crippen LogP contribution in [0, 0.1) is 0 Å². The largest absolute Gasteiger partial charge is 0.450 e. The Labute approximate surface area is 198 Å². The number of benzene rings is 2. The maximum atomic E-state index is 12.5. The molecule has 0 saturated heterocycles. The van der Waals surface area contributed by atoms with E-state index in [2.05, 4.69) is 93.2 Å². The molecule has 0 radical (unpaired) electrons. The summed E-state index contributed by atoms with van der Waals surface area (Å²) in [5, 5.41) is 4.96. The number of carbonyl (C=O) groups excluding carboxylic acids is 1. The molecule has 2 heterocycles. The number of fused-ring (bicyclic) bond motifs is 2. The maximum Gasteiger partial charge on any atom is 0.307 e. The van der Waals surface area contributed by atoms with Crippen molar-refractivity contribution in [2.45, 2.75) is 33.2 Å². The predicted octanol–water partition coefficient (Wildman–Crippen LogP) is 6.74. The number of halogens is 2. The van der Waals surface area contributed by atoms with Crippen LogP contribution in [0.1, 0.15) is 49.4 Å². The summed E-state index contributed by atoms with van der Waals surface area (Å²) in [6.45, 7) is 9.68. The second-order valence-corrected chi connectivity index (χ2v) is 9.89. The summed E-state index contributed by atoms with van der Waals surface area (Å²) in [4.78, 5) is 14.9. The minimum absolute atomic E-state index is 0.0213. The van der Waals surface area contributed by atoms with Crippen LogP contribution in [0.5, 0.6) is 0 Å². The second kappa shape index (κ2) is 8.28. The molecule has 0 spiro atoms. The van der Waals surface area contributed by atoms with Gasteiger partial charge in [-0.2, -0.15) is 5.10 Å². The quantitative estimate of drug-likeness (QED) is 0.292. The fourth-order valence-corrected chi connectivity index (χ4v) is 5.51. The molecule has 0 atom stereocenters. The Morgan fingerprint density at radius 3 is 2.74 bits per heavy atom. The lowest BCUT2D eigenvalue weighted by Gasteiger charge is -2.42. The van der Waals surface area contributed by atoms with Crippen LogP contribution < -0.4 is 10.3 Å². The maximum absolute atomic E-state index is 12.5. The lowest BCUT2D eigenvalue weighted by molar-refractivity contribution is 0.0929. The lowest BCUT2D eigenvalue weighted by Crippen LogP contribution is -2.44. The molecule has 0 fully saturated rings. The van der Waals surface area contributed by atoms with E-state index in [0.717, 1.165) is 26.4 Å². The zero-order chi connectivity index (χ0) is 22.3. The highest BCUT2D eigenvalue weighted by Gasteiger charge is 2.29. The zero-order valence-corrected chi connectivity index (χ0v) is 21.0. The minimum atomic E-state index is -0.400. The van der Waals surface area contributed by atoms with Crippen LogP contribution in [0.2, 0.25) is 0 Å². The topological polar surface area (TPSA) is 57.8 Å². The number of hydrogen-bond donors (Lipinski definition) is 1. The number of hydrazone groups is 1. The third kappa shape index (κ3) is 4.21. The Balaban J connectivity index is 1.53. The van der Waals surface area contributed by atoms with E-state index in [1.807, 2.05) is 18.2 Å². The van der Waals surface area contributed by atoms with Crippen LogP contribution >= 0.6 is 31.9 Å². The van der Waals surface area contributed by atoms with Gasteiger partial charge in [0.1, 0.15) is 5.58 Å². The van der Waals surface area contributed by atoms with Crippen molar-refractivity contribution in [2.24, 2.45) is 5.10 Å². The fraction of sp³-hybridized carbons (Fsp3) is 0.250. The molecule has 0 aliphatic carbocycles. The van der Waals surface area contributed by atoms with E-state index in [-0.39, 0.29) is 11.3 Å². The molecule has 0 saturated carbocycles. The second-order valence-electron chi connectivity index (χ2n) is 8.12. The molecule has 160 valence electrons. The van der Waals surface area contributed by atoms with Crippen LogP contribution in [-0.2, 0) is 0 Å². The molecule has 1 amide bonds. The van der Waals surface area contributed by atoms with Crippen LogP contribution in [0.15, 0.2) is 60.9 Å². The van der Waals surface area contributed by atoms with E-state index in [4.69, 9.17) is 4.42 Å². The zero-order valence-electron chi connectivity index (χ0n) is 17.8. The number of nitrogens with zero attached hydrogens (tertiary/aromatic N) is 2. The number of allylic oxidation sites excluding steroid dienone is 1. The van der Waals surface area contributed by atoms with E-state index in [0.29, 0.717) is 5.58 Å². The average molecular weight is 545 g/mol. The Hall–Kier alpha value is -2.38. The molecular weight excluding hydrogens is 522 g/mol. The molecule has 1 aromatic heterocycles. The van der Waals surface area contributed by atoms with Crippen molar-refractivity contribution in [3.63, 3.8) is 0 Å². The summed E-state index contributed by atoms with van der Waals surface area (Å²) in [7, 11) is 0. The first kappa shape index (κ1) is 21.8. The summed E-state index contributed by atoms with van der Waals surface area (Å²) in [6, 6.07) is 11.7. The number of carbonyl (C=O) groups is 1. The van der Waals surface area contributed by atoms with Gasteiger partial charge in [-0.1, -0.05) is 28.1 Å². The van der Waals surface area contributed by atoms with Crippen LogP contribution in [0.4, 0.5) is 5.69 Å². The van der Waals surface area contributed by atoms with Crippen LogP contribution in [0.3, 0.4) is 0 Å². The smallest absolute Gasteiger partial charge is 0.307 e. The molecule has 7 heteroatoms. The number of hydrogen-bond acceptors (Lipinski definition) is 4. The molecule has 0 unspecified atom stereocenters. The number of nitrogens with one attached hydrogen (secondary N) is 1. The lowest BCUT2D eigenvalue weighted by atomic mass is 9.88. The van der Waals surface area contributed by atoms with Gasteiger partial charge in [0.05, 0.1) is 16.2 Å². The van der Waals surface area contributed by atoms with E-state index >= 15 is 0 Å². The van der Waals surface area contributed by atoms with Crippen molar-refractivity contribution in [3.05, 3.63) is 68.3 Å². The van der Waals surface area contributed by atoms with Gasteiger partial charge in [-0.3, -0.25) is 4.79 Å². The highest BCUT2D eigenvalue weighted by atomic mass is 79.9. The minimum Gasteiger partial charge on any atom is -0.450 e. The molecule has 5 nitrogen and oxygen atoms in total.